The summed E-state index contributed by atoms with van der Waals surface area (Å²) in [7, 11) is -2.28. The molecule has 1 atom stereocenters. The van der Waals surface area contributed by atoms with E-state index < -0.39 is 16.1 Å². The number of ether oxygens (including phenoxy) is 1. The number of nitrogens with one attached hydrogen (secondary N) is 1. The first-order chi connectivity index (χ1) is 12.9. The van der Waals surface area contributed by atoms with E-state index in [2.05, 4.69) is 4.72 Å². The van der Waals surface area contributed by atoms with E-state index in [1.165, 1.54) is 19.2 Å². The largest absolute Gasteiger partial charge is 0.497 e. The molecule has 144 valence electrons. The van der Waals surface area contributed by atoms with Crippen LogP contribution in [0.3, 0.4) is 0 Å². The average Bonchev–Trinajstić information content (AvgIpc) is 3.51. The van der Waals surface area contributed by atoms with Crippen molar-refractivity contribution in [2.45, 2.75) is 43.3 Å². The molecule has 1 aliphatic rings. The highest BCUT2D eigenvalue weighted by Crippen LogP contribution is 2.29. The molecular formula is C20H24N2O4S. The van der Waals surface area contributed by atoms with Gasteiger partial charge in [-0.15, -0.1) is 0 Å². The number of carbonyl (C=O) groups excluding carboxylic acids is 1. The van der Waals surface area contributed by atoms with E-state index in [0.29, 0.717) is 12.3 Å². The Bertz CT molecular complexity index is 878. The van der Waals surface area contributed by atoms with Crippen molar-refractivity contribution in [3.05, 3.63) is 60.2 Å². The molecule has 0 saturated heterocycles. The third-order valence-corrected chi connectivity index (χ3v) is 6.10. The number of hydrogen-bond donors (Lipinski definition) is 1. The fraction of sp³-hybridized carbons (Fsp3) is 0.350. The van der Waals surface area contributed by atoms with Gasteiger partial charge in [0.2, 0.25) is 15.9 Å². The van der Waals surface area contributed by atoms with Crippen LogP contribution < -0.4 is 9.46 Å². The molecule has 1 fully saturated rings. The van der Waals surface area contributed by atoms with Crippen molar-refractivity contribution >= 4 is 15.9 Å². The van der Waals surface area contributed by atoms with Crippen molar-refractivity contribution in [3.8, 4) is 5.75 Å². The molecule has 6 nitrogen and oxygen atoms in total. The van der Waals surface area contributed by atoms with Gasteiger partial charge in [0.1, 0.15) is 5.75 Å². The molecule has 0 radical (unpaired) electrons. The minimum atomic E-state index is -3.79. The van der Waals surface area contributed by atoms with Gasteiger partial charge in [0.05, 0.1) is 18.0 Å². The smallest absolute Gasteiger partial charge is 0.241 e. The van der Waals surface area contributed by atoms with E-state index >= 15 is 0 Å². The molecule has 7 heteroatoms. The summed E-state index contributed by atoms with van der Waals surface area (Å²) in [6.07, 6.45) is 1.91. The van der Waals surface area contributed by atoms with Gasteiger partial charge in [-0.2, -0.15) is 4.72 Å². The van der Waals surface area contributed by atoms with Gasteiger partial charge < -0.3 is 9.64 Å². The lowest BCUT2D eigenvalue weighted by Gasteiger charge is -2.26. The number of hydrogen-bond acceptors (Lipinski definition) is 4. The molecule has 1 N–H and O–H groups in total. The minimum absolute atomic E-state index is 0.101. The van der Waals surface area contributed by atoms with Crippen LogP contribution in [0, 0.1) is 0 Å². The van der Waals surface area contributed by atoms with Gasteiger partial charge in [0.25, 0.3) is 0 Å². The molecule has 0 bridgehead atoms. The van der Waals surface area contributed by atoms with E-state index in [-0.39, 0.29) is 16.8 Å². The van der Waals surface area contributed by atoms with Crippen LogP contribution in [0.4, 0.5) is 0 Å². The maximum absolute atomic E-state index is 12.9. The van der Waals surface area contributed by atoms with Crippen molar-refractivity contribution in [1.29, 1.82) is 0 Å². The fourth-order valence-corrected chi connectivity index (χ4v) is 4.10. The Morgan fingerprint density at radius 2 is 1.78 bits per heavy atom. The molecule has 3 rings (SSSR count). The molecule has 0 spiro atoms. The van der Waals surface area contributed by atoms with Crippen molar-refractivity contribution < 1.29 is 17.9 Å². The zero-order valence-corrected chi connectivity index (χ0v) is 16.3. The second-order valence-electron chi connectivity index (χ2n) is 6.70. The van der Waals surface area contributed by atoms with Gasteiger partial charge >= 0.3 is 0 Å². The molecule has 0 aliphatic heterocycles. The topological polar surface area (TPSA) is 75.7 Å². The first-order valence-electron chi connectivity index (χ1n) is 8.91. The molecule has 27 heavy (non-hydrogen) atoms. The Balaban J connectivity index is 1.70. The van der Waals surface area contributed by atoms with Crippen LogP contribution in [0.2, 0.25) is 0 Å². The van der Waals surface area contributed by atoms with Crippen LogP contribution in [-0.2, 0) is 21.4 Å². The van der Waals surface area contributed by atoms with Crippen molar-refractivity contribution in [3.63, 3.8) is 0 Å². The van der Waals surface area contributed by atoms with Gasteiger partial charge in [-0.1, -0.05) is 30.3 Å². The Hall–Kier alpha value is -2.38. The van der Waals surface area contributed by atoms with Crippen LogP contribution in [0.1, 0.15) is 25.3 Å². The summed E-state index contributed by atoms with van der Waals surface area (Å²) in [6, 6.07) is 15.1. The first-order valence-corrected chi connectivity index (χ1v) is 10.4. The maximum atomic E-state index is 12.9. The molecule has 2 aromatic carbocycles. The highest BCUT2D eigenvalue weighted by Gasteiger charge is 2.35. The summed E-state index contributed by atoms with van der Waals surface area (Å²) in [4.78, 5) is 14.8. The van der Waals surface area contributed by atoms with Crippen LogP contribution in [-0.4, -0.2) is 38.4 Å². The Morgan fingerprint density at radius 3 is 2.33 bits per heavy atom. The number of carbonyl (C=O) groups is 1. The van der Waals surface area contributed by atoms with Crippen LogP contribution in [0.25, 0.3) is 0 Å². The predicted octanol–water partition coefficient (Wildman–Crippen LogP) is 2.55. The predicted molar refractivity (Wildman–Crippen MR) is 103 cm³/mol. The van der Waals surface area contributed by atoms with Gasteiger partial charge in [-0.25, -0.2) is 8.42 Å². The Labute approximate surface area is 160 Å². The van der Waals surface area contributed by atoms with E-state index in [0.717, 1.165) is 18.4 Å². The number of benzene rings is 2. The van der Waals surface area contributed by atoms with Crippen molar-refractivity contribution in [1.82, 2.24) is 9.62 Å². The Morgan fingerprint density at radius 1 is 1.15 bits per heavy atom. The van der Waals surface area contributed by atoms with E-state index in [4.69, 9.17) is 4.74 Å². The van der Waals surface area contributed by atoms with Crippen molar-refractivity contribution in [2.75, 3.05) is 7.11 Å². The normalized spacial score (nSPS) is 15.2. The van der Waals surface area contributed by atoms with Crippen LogP contribution >= 0.6 is 0 Å². The first kappa shape index (κ1) is 19.4. The Kier molecular flexibility index (Phi) is 5.82. The summed E-state index contributed by atoms with van der Waals surface area (Å²) in [5.41, 5.74) is 1.03. The third kappa shape index (κ3) is 4.87. The fourth-order valence-electron chi connectivity index (χ4n) is 2.91. The number of methoxy groups -OCH3 is 1. The standard InChI is InChI=1S/C20H24N2O4S/c1-15(21-27(24,25)19-12-10-18(26-2)11-13-19)20(23)22(17-8-9-17)14-16-6-4-3-5-7-16/h3-7,10-13,15,17,21H,8-9,14H2,1-2H3/t15-/m0/s1. The summed E-state index contributed by atoms with van der Waals surface area (Å²) >= 11 is 0. The van der Waals surface area contributed by atoms with E-state index in [1.54, 1.807) is 24.0 Å². The maximum Gasteiger partial charge on any atom is 0.241 e. The molecule has 1 aliphatic carbocycles. The molecule has 0 aromatic heterocycles. The van der Waals surface area contributed by atoms with Crippen LogP contribution in [0.15, 0.2) is 59.5 Å². The monoisotopic (exact) mass is 388 g/mol. The number of amides is 1. The highest BCUT2D eigenvalue weighted by atomic mass is 32.2. The number of sulfonamides is 1. The second kappa shape index (κ2) is 8.10. The number of nitrogens with zero attached hydrogens (tertiary/aromatic N) is 1. The summed E-state index contributed by atoms with van der Waals surface area (Å²) < 4.78 is 32.7. The highest BCUT2D eigenvalue weighted by molar-refractivity contribution is 7.89. The quantitative estimate of drug-likeness (QED) is 0.754. The summed E-state index contributed by atoms with van der Waals surface area (Å²) in [5.74, 6) is 0.360. The lowest BCUT2D eigenvalue weighted by molar-refractivity contribution is -0.133. The van der Waals surface area contributed by atoms with Gasteiger partial charge in [-0.05, 0) is 49.6 Å². The number of rotatable bonds is 8. The zero-order valence-electron chi connectivity index (χ0n) is 15.5. The van der Waals surface area contributed by atoms with Gasteiger partial charge in [0.15, 0.2) is 0 Å². The molecule has 0 heterocycles. The van der Waals surface area contributed by atoms with E-state index in [9.17, 15) is 13.2 Å². The summed E-state index contributed by atoms with van der Waals surface area (Å²) in [6.45, 7) is 2.07. The minimum Gasteiger partial charge on any atom is -0.497 e. The lowest BCUT2D eigenvalue weighted by Crippen LogP contribution is -2.47. The zero-order chi connectivity index (χ0) is 19.4. The lowest BCUT2D eigenvalue weighted by atomic mass is 10.2. The van der Waals surface area contributed by atoms with Crippen LogP contribution in [0.5, 0.6) is 5.75 Å². The van der Waals surface area contributed by atoms with Gasteiger partial charge in [-0.3, -0.25) is 4.79 Å². The van der Waals surface area contributed by atoms with E-state index in [1.807, 2.05) is 30.3 Å². The molecule has 1 amide bonds. The second-order valence-corrected chi connectivity index (χ2v) is 8.42. The molecule has 1 saturated carbocycles. The molecule has 0 unspecified atom stereocenters. The SMILES string of the molecule is COc1ccc(S(=O)(=O)N[C@@H](C)C(=O)N(Cc2ccccc2)C2CC2)cc1. The molecule has 2 aromatic rings. The summed E-state index contributed by atoms with van der Waals surface area (Å²) in [5, 5.41) is 0. The van der Waals surface area contributed by atoms with Gasteiger partial charge in [0, 0.05) is 12.6 Å². The average molecular weight is 388 g/mol. The third-order valence-electron chi connectivity index (χ3n) is 4.54. The molecular weight excluding hydrogens is 364 g/mol. The van der Waals surface area contributed by atoms with Crippen molar-refractivity contribution in [2.24, 2.45) is 0 Å².